The maximum absolute atomic E-state index is 11.3. The number of nitro groups is 1. The predicted molar refractivity (Wildman–Crippen MR) is 63.3 cm³/mol. The number of hydrogen-bond donors (Lipinski definition) is 1. The van der Waals surface area contributed by atoms with Gasteiger partial charge in [-0.2, -0.15) is 10.4 Å². The summed E-state index contributed by atoms with van der Waals surface area (Å²) in [6.07, 6.45) is 3.03. The van der Waals surface area contributed by atoms with E-state index in [2.05, 4.69) is 5.10 Å². The Labute approximate surface area is 107 Å². The number of nitrogens with zero attached hydrogens (tertiary/aromatic N) is 4. The second-order valence-electron chi connectivity index (χ2n) is 3.48. The van der Waals surface area contributed by atoms with E-state index in [9.17, 15) is 14.9 Å². The van der Waals surface area contributed by atoms with Gasteiger partial charge >= 0.3 is 0 Å². The van der Waals surface area contributed by atoms with Gasteiger partial charge in [0.05, 0.1) is 10.6 Å². The molecule has 0 unspecified atom stereocenters. The van der Waals surface area contributed by atoms with Crippen LogP contribution in [0.25, 0.3) is 5.69 Å². The average Bonchev–Trinajstić information content (AvgIpc) is 2.89. The molecule has 0 atom stereocenters. The SMILES string of the molecule is N#CNC(=O)c1ccn(-c2ccc([N+](=O)[O-])cc2)n1. The predicted octanol–water partition coefficient (Wildman–Crippen LogP) is 0.991. The number of hydrogen-bond acceptors (Lipinski definition) is 5. The number of benzene rings is 1. The van der Waals surface area contributed by atoms with Gasteiger partial charge in [0.1, 0.15) is 0 Å². The highest BCUT2D eigenvalue weighted by Crippen LogP contribution is 2.14. The zero-order valence-electron chi connectivity index (χ0n) is 9.48. The molecule has 1 heterocycles. The minimum Gasteiger partial charge on any atom is -0.266 e. The zero-order valence-corrected chi connectivity index (χ0v) is 9.48. The first-order valence-corrected chi connectivity index (χ1v) is 5.12. The molecule has 0 aliphatic carbocycles. The van der Waals surface area contributed by atoms with Crippen LogP contribution in [-0.2, 0) is 0 Å². The number of nitriles is 1. The number of amides is 1. The first-order valence-electron chi connectivity index (χ1n) is 5.12. The normalized spacial score (nSPS) is 9.63. The molecule has 0 bridgehead atoms. The Morgan fingerprint density at radius 2 is 2.05 bits per heavy atom. The zero-order chi connectivity index (χ0) is 13.8. The number of rotatable bonds is 3. The molecule has 1 aromatic carbocycles. The summed E-state index contributed by atoms with van der Waals surface area (Å²) >= 11 is 0. The summed E-state index contributed by atoms with van der Waals surface area (Å²) in [5.41, 5.74) is 0.625. The van der Waals surface area contributed by atoms with Gasteiger partial charge in [0, 0.05) is 18.3 Å². The Kier molecular flexibility index (Phi) is 3.20. The van der Waals surface area contributed by atoms with Crippen molar-refractivity contribution in [3.63, 3.8) is 0 Å². The summed E-state index contributed by atoms with van der Waals surface area (Å²) in [5, 5.41) is 24.7. The van der Waals surface area contributed by atoms with Crippen LogP contribution in [0.3, 0.4) is 0 Å². The van der Waals surface area contributed by atoms with Crippen molar-refractivity contribution in [3.8, 4) is 11.9 Å². The lowest BCUT2D eigenvalue weighted by molar-refractivity contribution is -0.384. The van der Waals surface area contributed by atoms with Crippen molar-refractivity contribution in [2.75, 3.05) is 0 Å². The molecule has 0 aliphatic heterocycles. The Morgan fingerprint density at radius 1 is 1.37 bits per heavy atom. The van der Waals surface area contributed by atoms with Gasteiger partial charge in [-0.25, -0.2) is 4.68 Å². The van der Waals surface area contributed by atoms with E-state index in [0.717, 1.165) is 0 Å². The van der Waals surface area contributed by atoms with Gasteiger partial charge in [-0.3, -0.25) is 20.2 Å². The van der Waals surface area contributed by atoms with Crippen molar-refractivity contribution in [3.05, 3.63) is 52.3 Å². The van der Waals surface area contributed by atoms with E-state index in [1.54, 1.807) is 0 Å². The minimum absolute atomic E-state index is 0.0293. The van der Waals surface area contributed by atoms with Gasteiger partial charge in [0.25, 0.3) is 11.6 Å². The Bertz CT molecular complexity index is 668. The molecule has 0 radical (unpaired) electrons. The minimum atomic E-state index is -0.608. The molecule has 0 saturated carbocycles. The molecule has 2 aromatic rings. The van der Waals surface area contributed by atoms with Crippen LogP contribution in [0.5, 0.6) is 0 Å². The number of nitrogens with one attached hydrogen (secondary N) is 1. The molecular formula is C11H7N5O3. The highest BCUT2D eigenvalue weighted by Gasteiger charge is 2.10. The van der Waals surface area contributed by atoms with Crippen LogP contribution in [0.2, 0.25) is 0 Å². The van der Waals surface area contributed by atoms with Crippen molar-refractivity contribution in [1.82, 2.24) is 15.1 Å². The molecule has 0 spiro atoms. The molecule has 8 nitrogen and oxygen atoms in total. The number of carbonyl (C=O) groups excluding carboxylic acids is 1. The van der Waals surface area contributed by atoms with E-state index in [1.165, 1.54) is 47.4 Å². The van der Waals surface area contributed by atoms with Crippen molar-refractivity contribution in [1.29, 1.82) is 5.26 Å². The van der Waals surface area contributed by atoms with Crippen molar-refractivity contribution in [2.24, 2.45) is 0 Å². The standard InChI is InChI=1S/C11H7N5O3/c12-7-13-11(17)10-5-6-15(14-10)8-1-3-9(4-2-8)16(18)19/h1-6H,(H,13,17). The van der Waals surface area contributed by atoms with E-state index in [0.29, 0.717) is 5.69 Å². The smallest absolute Gasteiger partial charge is 0.266 e. The van der Waals surface area contributed by atoms with Crippen molar-refractivity contribution < 1.29 is 9.72 Å². The quantitative estimate of drug-likeness (QED) is 0.381. The summed E-state index contributed by atoms with van der Waals surface area (Å²) in [6.45, 7) is 0. The van der Waals surface area contributed by atoms with Crippen LogP contribution in [0.4, 0.5) is 5.69 Å². The largest absolute Gasteiger partial charge is 0.284 e. The molecule has 8 heteroatoms. The molecule has 1 aromatic heterocycles. The molecule has 1 amide bonds. The number of nitro benzene ring substituents is 1. The summed E-state index contributed by atoms with van der Waals surface area (Å²) in [7, 11) is 0. The average molecular weight is 257 g/mol. The van der Waals surface area contributed by atoms with Crippen LogP contribution >= 0.6 is 0 Å². The van der Waals surface area contributed by atoms with Crippen LogP contribution in [0.15, 0.2) is 36.5 Å². The third-order valence-corrected chi connectivity index (χ3v) is 2.32. The third-order valence-electron chi connectivity index (χ3n) is 2.32. The van der Waals surface area contributed by atoms with E-state index < -0.39 is 10.8 Å². The van der Waals surface area contributed by atoms with Crippen LogP contribution in [0, 0.1) is 21.6 Å². The van der Waals surface area contributed by atoms with Crippen LogP contribution < -0.4 is 5.32 Å². The fraction of sp³-hybridized carbons (Fsp3) is 0. The van der Waals surface area contributed by atoms with Crippen molar-refractivity contribution >= 4 is 11.6 Å². The van der Waals surface area contributed by atoms with Gasteiger partial charge in [-0.15, -0.1) is 0 Å². The number of aromatic nitrogens is 2. The molecule has 94 valence electrons. The summed E-state index contributed by atoms with van der Waals surface area (Å²) in [5.74, 6) is -0.608. The lowest BCUT2D eigenvalue weighted by atomic mass is 10.3. The summed E-state index contributed by atoms with van der Waals surface area (Å²) in [4.78, 5) is 21.3. The van der Waals surface area contributed by atoms with E-state index in [4.69, 9.17) is 5.26 Å². The lowest BCUT2D eigenvalue weighted by Crippen LogP contribution is -2.18. The number of carbonyl (C=O) groups is 1. The maximum atomic E-state index is 11.3. The van der Waals surface area contributed by atoms with Gasteiger partial charge in [-0.1, -0.05) is 0 Å². The molecule has 2 rings (SSSR count). The Hall–Kier alpha value is -3.21. The van der Waals surface area contributed by atoms with Crippen LogP contribution in [0.1, 0.15) is 10.5 Å². The fourth-order valence-electron chi connectivity index (χ4n) is 1.43. The van der Waals surface area contributed by atoms with E-state index in [1.807, 2.05) is 5.32 Å². The topological polar surface area (TPSA) is 114 Å². The second-order valence-corrected chi connectivity index (χ2v) is 3.48. The Morgan fingerprint density at radius 3 is 2.63 bits per heavy atom. The number of non-ortho nitro benzene ring substituents is 1. The summed E-state index contributed by atoms with van der Waals surface area (Å²) in [6, 6.07) is 7.14. The maximum Gasteiger partial charge on any atom is 0.284 e. The van der Waals surface area contributed by atoms with Gasteiger partial charge < -0.3 is 0 Å². The van der Waals surface area contributed by atoms with Gasteiger partial charge in [0.15, 0.2) is 11.9 Å². The van der Waals surface area contributed by atoms with Gasteiger partial charge in [-0.05, 0) is 18.2 Å². The monoisotopic (exact) mass is 257 g/mol. The first kappa shape index (κ1) is 12.3. The third kappa shape index (κ3) is 2.55. The molecule has 0 fully saturated rings. The molecule has 0 saturated heterocycles. The first-order chi connectivity index (χ1) is 9.11. The van der Waals surface area contributed by atoms with Crippen molar-refractivity contribution in [2.45, 2.75) is 0 Å². The molecule has 0 aliphatic rings. The second kappa shape index (κ2) is 4.97. The van der Waals surface area contributed by atoms with Crippen LogP contribution in [-0.4, -0.2) is 20.6 Å². The Balaban J connectivity index is 2.26. The molecular weight excluding hydrogens is 250 g/mol. The molecule has 1 N–H and O–H groups in total. The summed E-state index contributed by atoms with van der Waals surface area (Å²) < 4.78 is 1.38. The van der Waals surface area contributed by atoms with E-state index in [-0.39, 0.29) is 11.4 Å². The highest BCUT2D eigenvalue weighted by molar-refractivity contribution is 5.93. The highest BCUT2D eigenvalue weighted by atomic mass is 16.6. The fourth-order valence-corrected chi connectivity index (χ4v) is 1.43. The van der Waals surface area contributed by atoms with E-state index >= 15 is 0 Å². The lowest BCUT2D eigenvalue weighted by Gasteiger charge is -2.00. The van der Waals surface area contributed by atoms with Gasteiger partial charge in [0.2, 0.25) is 0 Å². The molecule has 19 heavy (non-hydrogen) atoms.